The molecule has 0 aliphatic heterocycles. The molecule has 0 aliphatic rings. The lowest BCUT2D eigenvalue weighted by Crippen LogP contribution is -2.04. The van der Waals surface area contributed by atoms with Crippen LogP contribution in [0.2, 0.25) is 0 Å². The summed E-state index contributed by atoms with van der Waals surface area (Å²) in [4.78, 5) is 13.3. The lowest BCUT2D eigenvalue weighted by molar-refractivity contribution is -0.136. The molecule has 0 radical (unpaired) electrons. The minimum absolute atomic E-state index is 0.0754. The van der Waals surface area contributed by atoms with Crippen molar-refractivity contribution in [3.05, 3.63) is 40.3 Å². The Morgan fingerprint density at radius 1 is 1.50 bits per heavy atom. The van der Waals surface area contributed by atoms with Gasteiger partial charge in [0.15, 0.2) is 11.9 Å². The summed E-state index contributed by atoms with van der Waals surface area (Å²) >= 11 is 0. The molecule has 0 heterocycles. The van der Waals surface area contributed by atoms with E-state index in [1.165, 1.54) is 0 Å². The number of para-hydroxylation sites is 1. The molecule has 118 valence electrons. The van der Waals surface area contributed by atoms with Crippen molar-refractivity contribution in [3.63, 3.8) is 0 Å². The molecule has 0 fully saturated rings. The van der Waals surface area contributed by atoms with Crippen LogP contribution in [-0.2, 0) is 9.36 Å². The average molecular weight is 325 g/mol. The number of carbonyl (C=O) groups is 1. The Labute approximate surface area is 128 Å². The van der Waals surface area contributed by atoms with Gasteiger partial charge in [0.2, 0.25) is 0 Å². The Hall–Kier alpha value is -2.14. The first-order valence-corrected chi connectivity index (χ1v) is 8.12. The van der Waals surface area contributed by atoms with E-state index in [-0.39, 0.29) is 12.6 Å². The van der Waals surface area contributed by atoms with Crippen LogP contribution in [0.1, 0.15) is 30.9 Å². The van der Waals surface area contributed by atoms with Crippen LogP contribution in [-0.4, -0.2) is 23.8 Å². The summed E-state index contributed by atoms with van der Waals surface area (Å²) in [6.45, 7) is 0.466. The maximum Gasteiger partial charge on any atom is 0.556 e. The molecule has 0 amide bonds. The van der Waals surface area contributed by atoms with E-state index in [1.807, 2.05) is 0 Å². The third kappa shape index (κ3) is 6.10. The van der Waals surface area contributed by atoms with Crippen molar-refractivity contribution in [2.75, 3.05) is 12.7 Å². The smallest absolute Gasteiger partial charge is 0.481 e. The molecule has 0 spiro atoms. The highest BCUT2D eigenvalue weighted by Crippen LogP contribution is 2.36. The topological polar surface area (TPSA) is 138 Å². The van der Waals surface area contributed by atoms with Crippen molar-refractivity contribution < 1.29 is 19.0 Å². The highest BCUT2D eigenvalue weighted by atomic mass is 31.1. The summed E-state index contributed by atoms with van der Waals surface area (Å²) in [6.07, 6.45) is 0.911. The van der Waals surface area contributed by atoms with Crippen LogP contribution in [0.25, 0.3) is 10.4 Å². The van der Waals surface area contributed by atoms with Crippen molar-refractivity contribution in [3.8, 4) is 5.75 Å². The summed E-state index contributed by atoms with van der Waals surface area (Å²) in [6, 6.07) is 6.34. The second-order valence-corrected chi connectivity index (χ2v) is 5.78. The molecule has 0 aliphatic carbocycles. The molecule has 1 rings (SSSR count). The normalized spacial score (nSPS) is 12.1. The number of aliphatic carboxylic acids is 1. The average Bonchev–Trinajstić information content (AvgIpc) is 2.50. The Morgan fingerprint density at radius 3 is 2.86 bits per heavy atom. The van der Waals surface area contributed by atoms with Crippen molar-refractivity contribution in [1.82, 2.24) is 0 Å². The molecule has 2 atom stereocenters. The van der Waals surface area contributed by atoms with Gasteiger partial charge in [-0.15, -0.1) is 0 Å². The Kier molecular flexibility index (Phi) is 7.92. The fourth-order valence-corrected chi connectivity index (χ4v) is 2.68. The summed E-state index contributed by atoms with van der Waals surface area (Å²) in [5, 5.41) is 12.3. The van der Waals surface area contributed by atoms with E-state index in [9.17, 15) is 9.36 Å². The zero-order valence-corrected chi connectivity index (χ0v) is 12.9. The van der Waals surface area contributed by atoms with E-state index in [1.54, 1.807) is 24.3 Å². The molecular formula is C13H18N4O4P+. The van der Waals surface area contributed by atoms with Gasteiger partial charge in [-0.1, -0.05) is 23.3 Å². The lowest BCUT2D eigenvalue weighted by atomic mass is 10.0. The van der Waals surface area contributed by atoms with Gasteiger partial charge in [-0.2, -0.15) is 0 Å². The van der Waals surface area contributed by atoms with Crippen LogP contribution in [0.5, 0.6) is 5.75 Å². The molecule has 0 saturated carbocycles. The lowest BCUT2D eigenvalue weighted by Gasteiger charge is -2.12. The Morgan fingerprint density at radius 2 is 2.23 bits per heavy atom. The van der Waals surface area contributed by atoms with Crippen molar-refractivity contribution in [2.24, 2.45) is 10.8 Å². The molecule has 1 aromatic rings. The van der Waals surface area contributed by atoms with Gasteiger partial charge in [-0.3, -0.25) is 9.32 Å². The minimum atomic E-state index is -2.14. The van der Waals surface area contributed by atoms with Crippen LogP contribution in [0.3, 0.4) is 0 Å². The van der Waals surface area contributed by atoms with E-state index in [4.69, 9.17) is 20.9 Å². The summed E-state index contributed by atoms with van der Waals surface area (Å²) in [5.74, 6) is -0.696. The fourth-order valence-electron chi connectivity index (χ4n) is 1.83. The van der Waals surface area contributed by atoms with Gasteiger partial charge in [0.05, 0.1) is 12.5 Å². The standard InChI is InChI=1S/C13H17N4O4P/c14-8-3-5-11(16-17-15)10-4-1-2-6-12(10)21-22(20)9-7-13(18)19/h1-2,4,6,11H,3,5,7-9,14H2/p+1. The highest BCUT2D eigenvalue weighted by molar-refractivity contribution is 7.39. The minimum Gasteiger partial charge on any atom is -0.481 e. The van der Waals surface area contributed by atoms with Gasteiger partial charge in [0, 0.05) is 10.5 Å². The zero-order valence-electron chi connectivity index (χ0n) is 12.0. The number of carboxylic acids is 1. The molecule has 8 nitrogen and oxygen atoms in total. The molecule has 9 heteroatoms. The van der Waals surface area contributed by atoms with Gasteiger partial charge in [-0.25, -0.2) is 0 Å². The van der Waals surface area contributed by atoms with E-state index in [0.717, 1.165) is 0 Å². The van der Waals surface area contributed by atoms with E-state index >= 15 is 0 Å². The van der Waals surface area contributed by atoms with Crippen molar-refractivity contribution in [1.29, 1.82) is 0 Å². The number of nitrogens with zero attached hydrogens (tertiary/aromatic N) is 3. The van der Waals surface area contributed by atoms with Gasteiger partial charge in [0.25, 0.3) is 0 Å². The molecule has 0 aromatic heterocycles. The first kappa shape index (κ1) is 17.9. The van der Waals surface area contributed by atoms with Crippen LogP contribution in [0.15, 0.2) is 29.4 Å². The molecule has 0 saturated heterocycles. The molecule has 1 aromatic carbocycles. The third-order valence-electron chi connectivity index (χ3n) is 2.86. The SMILES string of the molecule is [N-]=[N+]=NC(CCCN)c1ccccc1O[P+](=O)CCC(=O)O. The van der Waals surface area contributed by atoms with E-state index in [0.29, 0.717) is 30.7 Å². The predicted molar refractivity (Wildman–Crippen MR) is 82.0 cm³/mol. The van der Waals surface area contributed by atoms with Gasteiger partial charge in [-0.05, 0) is 35.5 Å². The number of azide groups is 1. The fraction of sp³-hybridized carbons (Fsp3) is 0.462. The second kappa shape index (κ2) is 9.73. The summed E-state index contributed by atoms with van der Waals surface area (Å²) in [5.41, 5.74) is 14.8. The Balaban J connectivity index is 2.89. The number of hydrogen-bond acceptors (Lipinski definition) is 5. The number of nitrogens with two attached hydrogens (primary N) is 1. The van der Waals surface area contributed by atoms with E-state index < -0.39 is 20.0 Å². The van der Waals surface area contributed by atoms with Crippen LogP contribution in [0, 0.1) is 0 Å². The maximum atomic E-state index is 11.8. The van der Waals surface area contributed by atoms with Gasteiger partial charge < -0.3 is 10.8 Å². The quantitative estimate of drug-likeness (QED) is 0.294. The van der Waals surface area contributed by atoms with Crippen molar-refractivity contribution >= 4 is 14.0 Å². The second-order valence-electron chi connectivity index (χ2n) is 4.48. The van der Waals surface area contributed by atoms with Gasteiger partial charge in [0.1, 0.15) is 0 Å². The first-order valence-electron chi connectivity index (χ1n) is 6.76. The third-order valence-corrected chi connectivity index (χ3v) is 3.85. The number of rotatable bonds is 10. The number of benzene rings is 1. The Bertz CT molecular complexity index is 575. The zero-order chi connectivity index (χ0) is 16.4. The van der Waals surface area contributed by atoms with Gasteiger partial charge >= 0.3 is 14.0 Å². The molecule has 2 unspecified atom stereocenters. The predicted octanol–water partition coefficient (Wildman–Crippen LogP) is 3.37. The molecular weight excluding hydrogens is 307 g/mol. The first-order chi connectivity index (χ1) is 10.6. The highest BCUT2D eigenvalue weighted by Gasteiger charge is 2.24. The number of hydrogen-bond donors (Lipinski definition) is 2. The summed E-state index contributed by atoms with van der Waals surface area (Å²) in [7, 11) is -2.14. The van der Waals surface area contributed by atoms with Crippen molar-refractivity contribution in [2.45, 2.75) is 25.3 Å². The van der Waals surface area contributed by atoms with Crippen LogP contribution >= 0.6 is 8.03 Å². The maximum absolute atomic E-state index is 11.8. The molecule has 3 N–H and O–H groups in total. The molecule has 22 heavy (non-hydrogen) atoms. The molecule has 0 bridgehead atoms. The summed E-state index contributed by atoms with van der Waals surface area (Å²) < 4.78 is 17.1. The van der Waals surface area contributed by atoms with Crippen LogP contribution < -0.4 is 10.3 Å². The number of carboxylic acid groups (broad SMARTS) is 1. The largest absolute Gasteiger partial charge is 0.556 e. The van der Waals surface area contributed by atoms with Crippen LogP contribution in [0.4, 0.5) is 0 Å². The monoisotopic (exact) mass is 325 g/mol. The van der Waals surface area contributed by atoms with E-state index in [2.05, 4.69) is 10.0 Å².